The van der Waals surface area contributed by atoms with Crippen LogP contribution >= 0.6 is 0 Å². The molecule has 0 saturated heterocycles. The molecule has 0 atom stereocenters. The molecule has 0 fully saturated rings. The van der Waals surface area contributed by atoms with Gasteiger partial charge < -0.3 is 0 Å². The van der Waals surface area contributed by atoms with Crippen LogP contribution in [0.3, 0.4) is 0 Å². The van der Waals surface area contributed by atoms with Crippen molar-refractivity contribution in [2.45, 2.75) is 92.4 Å². The van der Waals surface area contributed by atoms with E-state index in [2.05, 4.69) is 105 Å². The van der Waals surface area contributed by atoms with Crippen LogP contribution in [0.15, 0.2) is 35.9 Å². The Hall–Kier alpha value is -1.82. The van der Waals surface area contributed by atoms with Crippen molar-refractivity contribution < 1.29 is 0 Å². The maximum Gasteiger partial charge on any atom is 0.0164 e. The summed E-state index contributed by atoms with van der Waals surface area (Å²) in [5.41, 5.74) is 11.7. The molecule has 0 aliphatic heterocycles. The molecule has 0 amide bonds. The summed E-state index contributed by atoms with van der Waals surface area (Å²) in [7, 11) is 0. The Kier molecular flexibility index (Phi) is 6.38. The van der Waals surface area contributed by atoms with Gasteiger partial charge in [0.2, 0.25) is 0 Å². The molecule has 30 heavy (non-hydrogen) atoms. The van der Waals surface area contributed by atoms with Crippen molar-refractivity contribution in [2.24, 2.45) is 5.92 Å². The van der Waals surface area contributed by atoms with E-state index >= 15 is 0 Å². The predicted molar refractivity (Wildman–Crippen MR) is 134 cm³/mol. The second kappa shape index (κ2) is 8.37. The fourth-order valence-corrected chi connectivity index (χ4v) is 4.43. The summed E-state index contributed by atoms with van der Waals surface area (Å²) in [5.74, 6) is 0.678. The van der Waals surface area contributed by atoms with Gasteiger partial charge in [-0.05, 0) is 68.5 Å². The number of hydrogen-bond donors (Lipinski definition) is 0. The highest BCUT2D eigenvalue weighted by Crippen LogP contribution is 2.42. The van der Waals surface area contributed by atoms with Crippen molar-refractivity contribution >= 4 is 6.08 Å². The molecular formula is C30H41. The molecule has 1 radical (unpaired) electrons. The Morgan fingerprint density at radius 2 is 1.43 bits per heavy atom. The Balaban J connectivity index is 2.27. The second-order valence-corrected chi connectivity index (χ2v) is 11.6. The van der Waals surface area contributed by atoms with Crippen LogP contribution in [0, 0.1) is 12.3 Å². The molecule has 1 aliphatic carbocycles. The first kappa shape index (κ1) is 22.9. The van der Waals surface area contributed by atoms with Gasteiger partial charge in [-0.3, -0.25) is 0 Å². The summed E-state index contributed by atoms with van der Waals surface area (Å²) in [5, 5.41) is 0. The van der Waals surface area contributed by atoms with Crippen LogP contribution in [0.4, 0.5) is 0 Å². The SMILES string of the molecule is CCCc1ccc2c(c1-c1cc(C(C)(C)C)cc(C(C)(C)C)c1)C=C(CC(C)C)[CH]2. The van der Waals surface area contributed by atoms with Gasteiger partial charge in [0.05, 0.1) is 0 Å². The van der Waals surface area contributed by atoms with E-state index in [1.165, 1.54) is 50.9 Å². The zero-order valence-corrected chi connectivity index (χ0v) is 20.7. The highest BCUT2D eigenvalue weighted by molar-refractivity contribution is 5.86. The summed E-state index contributed by atoms with van der Waals surface area (Å²) in [6.45, 7) is 20.9. The van der Waals surface area contributed by atoms with Gasteiger partial charge in [-0.2, -0.15) is 0 Å². The van der Waals surface area contributed by atoms with Crippen LogP contribution in [-0.2, 0) is 17.3 Å². The Bertz CT molecular complexity index is 907. The Morgan fingerprint density at radius 3 is 1.93 bits per heavy atom. The number of hydrogen-bond acceptors (Lipinski definition) is 0. The summed E-state index contributed by atoms with van der Waals surface area (Å²) < 4.78 is 0. The van der Waals surface area contributed by atoms with Crippen molar-refractivity contribution in [1.82, 2.24) is 0 Å². The molecule has 0 heteroatoms. The fraction of sp³-hybridized carbons (Fsp3) is 0.500. The quantitative estimate of drug-likeness (QED) is 0.469. The number of allylic oxidation sites excluding steroid dienone is 1. The second-order valence-electron chi connectivity index (χ2n) is 11.6. The first-order valence-corrected chi connectivity index (χ1v) is 11.8. The van der Waals surface area contributed by atoms with E-state index in [1.807, 2.05) is 0 Å². The minimum absolute atomic E-state index is 0.129. The van der Waals surface area contributed by atoms with Gasteiger partial charge in [0, 0.05) is 6.42 Å². The van der Waals surface area contributed by atoms with Crippen LogP contribution in [0.1, 0.15) is 103 Å². The van der Waals surface area contributed by atoms with Crippen molar-refractivity contribution in [2.75, 3.05) is 0 Å². The van der Waals surface area contributed by atoms with Crippen molar-refractivity contribution in [3.05, 3.63) is 70.1 Å². The van der Waals surface area contributed by atoms with Gasteiger partial charge in [-0.25, -0.2) is 0 Å². The van der Waals surface area contributed by atoms with E-state index in [0.717, 1.165) is 12.8 Å². The molecule has 0 aromatic heterocycles. The molecule has 161 valence electrons. The van der Waals surface area contributed by atoms with Crippen molar-refractivity contribution in [1.29, 1.82) is 0 Å². The summed E-state index contributed by atoms with van der Waals surface area (Å²) in [6.07, 6.45) is 8.31. The lowest BCUT2D eigenvalue weighted by Crippen LogP contribution is -2.16. The molecule has 0 N–H and O–H groups in total. The molecule has 0 spiro atoms. The lowest BCUT2D eigenvalue weighted by atomic mass is 9.78. The molecule has 0 saturated carbocycles. The minimum Gasteiger partial charge on any atom is -0.0651 e. The summed E-state index contributed by atoms with van der Waals surface area (Å²) in [4.78, 5) is 0. The van der Waals surface area contributed by atoms with Crippen molar-refractivity contribution in [3.8, 4) is 11.1 Å². The molecule has 0 heterocycles. The van der Waals surface area contributed by atoms with Gasteiger partial charge in [-0.1, -0.05) is 111 Å². The van der Waals surface area contributed by atoms with E-state index in [9.17, 15) is 0 Å². The fourth-order valence-electron chi connectivity index (χ4n) is 4.43. The molecule has 1 aliphatic rings. The molecule has 2 aromatic carbocycles. The van der Waals surface area contributed by atoms with Crippen LogP contribution in [-0.4, -0.2) is 0 Å². The molecule has 0 bridgehead atoms. The molecule has 3 rings (SSSR count). The monoisotopic (exact) mass is 401 g/mol. The normalized spacial score (nSPS) is 14.3. The average molecular weight is 402 g/mol. The standard InChI is InChI=1S/C30H41/c1-10-11-22-12-13-23-15-21(14-20(2)3)16-27(23)28(22)24-17-25(29(4,5)6)19-26(18-24)30(7,8)9/h12-13,15-20H,10-11,14H2,1-9H3. The Morgan fingerprint density at radius 1 is 0.833 bits per heavy atom. The van der Waals surface area contributed by atoms with E-state index in [-0.39, 0.29) is 10.8 Å². The number of rotatable bonds is 5. The molecule has 2 aromatic rings. The summed E-state index contributed by atoms with van der Waals surface area (Å²) in [6, 6.07) is 12.1. The van der Waals surface area contributed by atoms with Gasteiger partial charge in [0.1, 0.15) is 0 Å². The van der Waals surface area contributed by atoms with E-state index in [0.29, 0.717) is 5.92 Å². The first-order valence-electron chi connectivity index (χ1n) is 11.8. The van der Waals surface area contributed by atoms with Gasteiger partial charge in [-0.15, -0.1) is 0 Å². The number of fused-ring (bicyclic) bond motifs is 1. The largest absolute Gasteiger partial charge is 0.0651 e. The smallest absolute Gasteiger partial charge is 0.0164 e. The van der Waals surface area contributed by atoms with Gasteiger partial charge in [0.25, 0.3) is 0 Å². The molecule has 0 unspecified atom stereocenters. The van der Waals surface area contributed by atoms with E-state index < -0.39 is 0 Å². The van der Waals surface area contributed by atoms with Crippen LogP contribution < -0.4 is 0 Å². The van der Waals surface area contributed by atoms with Crippen LogP contribution in [0.2, 0.25) is 0 Å². The van der Waals surface area contributed by atoms with Gasteiger partial charge in [0.15, 0.2) is 0 Å². The third-order valence-corrected chi connectivity index (χ3v) is 6.15. The summed E-state index contributed by atoms with van der Waals surface area (Å²) >= 11 is 0. The van der Waals surface area contributed by atoms with Crippen LogP contribution in [0.25, 0.3) is 17.2 Å². The lowest BCUT2D eigenvalue weighted by Gasteiger charge is -2.27. The maximum absolute atomic E-state index is 2.46. The highest BCUT2D eigenvalue weighted by atomic mass is 14.3. The van der Waals surface area contributed by atoms with E-state index in [4.69, 9.17) is 0 Å². The third kappa shape index (κ3) is 4.90. The zero-order chi connectivity index (χ0) is 22.3. The zero-order valence-electron chi connectivity index (χ0n) is 20.7. The topological polar surface area (TPSA) is 0 Å². The Labute approximate surface area is 185 Å². The lowest BCUT2D eigenvalue weighted by molar-refractivity contribution is 0.569. The third-order valence-electron chi connectivity index (χ3n) is 6.15. The predicted octanol–water partition coefficient (Wildman–Crippen LogP) is 8.90. The molecule has 0 nitrogen and oxygen atoms in total. The number of aryl methyl sites for hydroxylation is 1. The maximum atomic E-state index is 2.46. The van der Waals surface area contributed by atoms with E-state index in [1.54, 1.807) is 0 Å². The first-order chi connectivity index (χ1) is 13.9. The minimum atomic E-state index is 0.129. The molecular weight excluding hydrogens is 360 g/mol. The van der Waals surface area contributed by atoms with Gasteiger partial charge >= 0.3 is 0 Å². The van der Waals surface area contributed by atoms with Crippen LogP contribution in [0.5, 0.6) is 0 Å². The number of benzene rings is 2. The highest BCUT2D eigenvalue weighted by Gasteiger charge is 2.24. The van der Waals surface area contributed by atoms with Crippen molar-refractivity contribution in [3.63, 3.8) is 0 Å². The average Bonchev–Trinajstić information content (AvgIpc) is 3.01.